The van der Waals surface area contributed by atoms with Gasteiger partial charge >= 0.3 is 6.09 Å². The molecule has 4 nitrogen and oxygen atoms in total. The van der Waals surface area contributed by atoms with Gasteiger partial charge in [0.05, 0.1) is 6.54 Å². The van der Waals surface area contributed by atoms with Crippen LogP contribution in [0, 0.1) is 5.92 Å². The number of Topliss-reactive ketones (excluding diaryl/α,β-unsaturated/α-hetero) is 1. The number of ketones is 1. The highest BCUT2D eigenvalue weighted by Crippen LogP contribution is 2.35. The van der Waals surface area contributed by atoms with Crippen LogP contribution in [0.4, 0.5) is 9.18 Å². The van der Waals surface area contributed by atoms with Gasteiger partial charge < -0.3 is 4.74 Å². The number of hydrogen-bond donors (Lipinski definition) is 0. The molecule has 2 atom stereocenters. The molecule has 1 saturated heterocycles. The monoisotopic (exact) mass is 273 g/mol. The Labute approximate surface area is 114 Å². The van der Waals surface area contributed by atoms with Gasteiger partial charge in [0.25, 0.3) is 0 Å². The van der Waals surface area contributed by atoms with Crippen molar-refractivity contribution in [1.29, 1.82) is 0 Å². The second kappa shape index (κ2) is 5.10. The maximum atomic E-state index is 13.7. The predicted octanol–water partition coefficient (Wildman–Crippen LogP) is 2.95. The third kappa shape index (κ3) is 3.45. The van der Waals surface area contributed by atoms with E-state index >= 15 is 0 Å². The van der Waals surface area contributed by atoms with Crippen molar-refractivity contribution in [2.24, 2.45) is 5.92 Å². The number of halogens is 1. The van der Waals surface area contributed by atoms with Crippen LogP contribution in [0.5, 0.6) is 0 Å². The summed E-state index contributed by atoms with van der Waals surface area (Å²) in [6, 6.07) is 0. The summed E-state index contributed by atoms with van der Waals surface area (Å²) < 4.78 is 18.9. The molecule has 19 heavy (non-hydrogen) atoms. The fraction of sp³-hybridized carbons (Fsp3) is 0.857. The van der Waals surface area contributed by atoms with Crippen molar-refractivity contribution < 1.29 is 18.7 Å². The lowest BCUT2D eigenvalue weighted by Gasteiger charge is -2.35. The van der Waals surface area contributed by atoms with Crippen LogP contribution in [-0.4, -0.2) is 40.6 Å². The minimum atomic E-state index is -1.18. The SMILES string of the molecule is CC(C)C(=O)C1(C)C[C@H](F)CN1C(=O)OC(C)(C)C. The van der Waals surface area contributed by atoms with E-state index in [0.29, 0.717) is 0 Å². The molecule has 0 aromatic heterocycles. The first-order valence-corrected chi connectivity index (χ1v) is 6.66. The lowest BCUT2D eigenvalue weighted by Crippen LogP contribution is -2.53. The van der Waals surface area contributed by atoms with E-state index in [-0.39, 0.29) is 24.7 Å². The largest absolute Gasteiger partial charge is 0.444 e. The summed E-state index contributed by atoms with van der Waals surface area (Å²) in [5.74, 6) is -0.376. The van der Waals surface area contributed by atoms with Crippen LogP contribution in [0.25, 0.3) is 0 Å². The fourth-order valence-electron chi connectivity index (χ4n) is 2.45. The lowest BCUT2D eigenvalue weighted by molar-refractivity contribution is -0.131. The summed E-state index contributed by atoms with van der Waals surface area (Å²) in [4.78, 5) is 25.7. The zero-order valence-corrected chi connectivity index (χ0v) is 12.6. The number of amides is 1. The molecular formula is C14H24FNO3. The van der Waals surface area contributed by atoms with Crippen LogP contribution in [0.2, 0.25) is 0 Å². The van der Waals surface area contributed by atoms with Gasteiger partial charge in [-0.2, -0.15) is 0 Å². The van der Waals surface area contributed by atoms with E-state index in [1.807, 2.05) is 0 Å². The number of ether oxygens (including phenoxy) is 1. The first kappa shape index (κ1) is 15.9. The number of carbonyl (C=O) groups is 2. The number of hydrogen-bond acceptors (Lipinski definition) is 3. The number of carbonyl (C=O) groups excluding carboxylic acids is 2. The second-order valence-corrected chi connectivity index (χ2v) is 6.69. The van der Waals surface area contributed by atoms with E-state index < -0.39 is 23.4 Å². The van der Waals surface area contributed by atoms with Crippen molar-refractivity contribution in [3.63, 3.8) is 0 Å². The standard InChI is InChI=1S/C14H24FNO3/c1-9(2)11(17)14(6)7-10(15)8-16(14)12(18)19-13(3,4)5/h9-10H,7-8H2,1-6H3/t10-,14?/m0/s1. The molecule has 0 aromatic rings. The maximum absolute atomic E-state index is 13.7. The molecule has 1 aliphatic rings. The Morgan fingerprint density at radius 2 is 1.89 bits per heavy atom. The van der Waals surface area contributed by atoms with Gasteiger partial charge in [-0.15, -0.1) is 0 Å². The first-order valence-electron chi connectivity index (χ1n) is 6.66. The number of likely N-dealkylation sites (tertiary alicyclic amines) is 1. The Balaban J connectivity index is 2.97. The molecular weight excluding hydrogens is 249 g/mol. The molecule has 1 aliphatic heterocycles. The summed E-state index contributed by atoms with van der Waals surface area (Å²) in [6.45, 7) is 10.3. The van der Waals surface area contributed by atoms with E-state index in [9.17, 15) is 14.0 Å². The van der Waals surface area contributed by atoms with Gasteiger partial charge in [0.15, 0.2) is 5.78 Å². The van der Waals surface area contributed by atoms with Crippen LogP contribution in [0.1, 0.15) is 48.0 Å². The van der Waals surface area contributed by atoms with Crippen molar-refractivity contribution in [1.82, 2.24) is 4.90 Å². The number of rotatable bonds is 2. The molecule has 0 aromatic carbocycles. The summed E-state index contributed by atoms with van der Waals surface area (Å²) in [6.07, 6.45) is -1.76. The molecule has 0 bridgehead atoms. The molecule has 0 aliphatic carbocycles. The van der Waals surface area contributed by atoms with Gasteiger partial charge in [-0.25, -0.2) is 9.18 Å². The van der Waals surface area contributed by atoms with Crippen molar-refractivity contribution in [3.05, 3.63) is 0 Å². The number of nitrogens with zero attached hydrogens (tertiary/aromatic N) is 1. The molecule has 110 valence electrons. The van der Waals surface area contributed by atoms with Crippen molar-refractivity contribution in [2.75, 3.05) is 6.54 Å². The summed E-state index contributed by atoms with van der Waals surface area (Å²) in [7, 11) is 0. The first-order chi connectivity index (χ1) is 8.47. The predicted molar refractivity (Wildman–Crippen MR) is 70.7 cm³/mol. The molecule has 1 unspecified atom stereocenters. The van der Waals surface area contributed by atoms with Gasteiger partial charge in [0.1, 0.15) is 17.3 Å². The van der Waals surface area contributed by atoms with Crippen LogP contribution in [0.3, 0.4) is 0 Å². The second-order valence-electron chi connectivity index (χ2n) is 6.69. The summed E-state index contributed by atoms with van der Waals surface area (Å²) in [5, 5.41) is 0. The van der Waals surface area contributed by atoms with Gasteiger partial charge in [0.2, 0.25) is 0 Å². The minimum Gasteiger partial charge on any atom is -0.444 e. The van der Waals surface area contributed by atoms with E-state index in [0.717, 1.165) is 0 Å². The van der Waals surface area contributed by atoms with Crippen LogP contribution in [0.15, 0.2) is 0 Å². The topological polar surface area (TPSA) is 46.6 Å². The van der Waals surface area contributed by atoms with Crippen molar-refractivity contribution in [3.8, 4) is 0 Å². The average Bonchev–Trinajstić information content (AvgIpc) is 2.51. The minimum absolute atomic E-state index is 0.0449. The van der Waals surface area contributed by atoms with E-state index in [1.165, 1.54) is 4.90 Å². The smallest absolute Gasteiger partial charge is 0.411 e. The molecule has 0 N–H and O–H groups in total. The number of alkyl halides is 1. The van der Waals surface area contributed by atoms with Crippen LogP contribution in [-0.2, 0) is 9.53 Å². The quantitative estimate of drug-likeness (QED) is 0.777. The summed E-state index contributed by atoms with van der Waals surface area (Å²) >= 11 is 0. The maximum Gasteiger partial charge on any atom is 0.411 e. The van der Waals surface area contributed by atoms with Crippen molar-refractivity contribution >= 4 is 11.9 Å². The normalized spacial score (nSPS) is 27.8. The van der Waals surface area contributed by atoms with Crippen molar-refractivity contribution in [2.45, 2.75) is 65.3 Å². The van der Waals surface area contributed by atoms with Gasteiger partial charge in [-0.1, -0.05) is 13.8 Å². The Kier molecular flexibility index (Phi) is 4.27. The third-order valence-electron chi connectivity index (χ3n) is 3.26. The molecule has 0 saturated carbocycles. The Morgan fingerprint density at radius 1 is 1.37 bits per heavy atom. The van der Waals surface area contributed by atoms with E-state index in [1.54, 1.807) is 41.5 Å². The molecule has 1 amide bonds. The van der Waals surface area contributed by atoms with Crippen LogP contribution >= 0.6 is 0 Å². The zero-order chi connectivity index (χ0) is 15.0. The molecule has 1 heterocycles. The lowest BCUT2D eigenvalue weighted by atomic mass is 9.86. The molecule has 1 fully saturated rings. The third-order valence-corrected chi connectivity index (χ3v) is 3.26. The Morgan fingerprint density at radius 3 is 2.32 bits per heavy atom. The van der Waals surface area contributed by atoms with Gasteiger partial charge in [-0.3, -0.25) is 9.69 Å². The molecule has 1 rings (SSSR count). The molecule has 0 spiro atoms. The van der Waals surface area contributed by atoms with Gasteiger partial charge in [0, 0.05) is 12.3 Å². The highest BCUT2D eigenvalue weighted by molar-refractivity contribution is 5.93. The highest BCUT2D eigenvalue weighted by atomic mass is 19.1. The Hall–Kier alpha value is -1.13. The molecule has 5 heteroatoms. The Bertz CT molecular complexity index is 375. The average molecular weight is 273 g/mol. The van der Waals surface area contributed by atoms with Crippen LogP contribution < -0.4 is 0 Å². The molecule has 0 radical (unpaired) electrons. The van der Waals surface area contributed by atoms with E-state index in [2.05, 4.69) is 0 Å². The zero-order valence-electron chi connectivity index (χ0n) is 12.6. The van der Waals surface area contributed by atoms with E-state index in [4.69, 9.17) is 4.74 Å². The highest BCUT2D eigenvalue weighted by Gasteiger charge is 2.51. The fourth-order valence-corrected chi connectivity index (χ4v) is 2.45. The summed E-state index contributed by atoms with van der Waals surface area (Å²) in [5.41, 5.74) is -1.76. The van der Waals surface area contributed by atoms with Gasteiger partial charge in [-0.05, 0) is 27.7 Å².